The Morgan fingerprint density at radius 2 is 2.00 bits per heavy atom. The molecule has 0 radical (unpaired) electrons. The van der Waals surface area contributed by atoms with Crippen LogP contribution in [0, 0.1) is 5.82 Å². The molecule has 0 spiro atoms. The number of carbonyl (C=O) groups is 2. The molecule has 0 saturated carbocycles. The van der Waals surface area contributed by atoms with Crippen molar-refractivity contribution in [1.82, 2.24) is 5.32 Å². The third-order valence-corrected chi connectivity index (χ3v) is 2.73. The number of aliphatic carboxylic acids is 1. The number of carbonyl (C=O) groups excluding carboxylic acids is 1. The van der Waals surface area contributed by atoms with Crippen molar-refractivity contribution in [3.8, 4) is 0 Å². The second kappa shape index (κ2) is 6.85. The summed E-state index contributed by atoms with van der Waals surface area (Å²) in [6.45, 7) is 3.03. The molecule has 7 heteroatoms. The quantitative estimate of drug-likeness (QED) is 0.757. The number of hydrogen-bond donors (Lipinski definition) is 3. The molecule has 1 aromatic carbocycles. The molecular weight excluding hydrogens is 267 g/mol. The molecule has 20 heavy (non-hydrogen) atoms. The normalized spacial score (nSPS) is 13.4. The highest BCUT2D eigenvalue weighted by Crippen LogP contribution is 2.18. The Labute approximate surface area is 115 Å². The average Bonchev–Trinajstić information content (AvgIpc) is 2.38. The summed E-state index contributed by atoms with van der Waals surface area (Å²) in [5.74, 6) is -1.95. The van der Waals surface area contributed by atoms with Gasteiger partial charge in [-0.3, -0.25) is 4.90 Å². The maximum Gasteiger partial charge on any atom is 0.328 e. The lowest BCUT2D eigenvalue weighted by atomic mass is 10.2. The fraction of sp³-hybridized carbons (Fsp3) is 0.385. The molecule has 6 nitrogen and oxygen atoms in total. The van der Waals surface area contributed by atoms with Crippen molar-refractivity contribution in [3.05, 3.63) is 30.1 Å². The number of rotatable bonds is 5. The van der Waals surface area contributed by atoms with Crippen LogP contribution in [0.3, 0.4) is 0 Å². The van der Waals surface area contributed by atoms with Crippen molar-refractivity contribution in [2.24, 2.45) is 0 Å². The number of aliphatic hydroxyl groups excluding tert-OH is 1. The topological polar surface area (TPSA) is 89.9 Å². The van der Waals surface area contributed by atoms with Crippen LogP contribution >= 0.6 is 0 Å². The van der Waals surface area contributed by atoms with Crippen LogP contribution in [0.1, 0.15) is 13.8 Å². The van der Waals surface area contributed by atoms with Crippen molar-refractivity contribution in [2.45, 2.75) is 26.0 Å². The van der Waals surface area contributed by atoms with E-state index in [9.17, 15) is 19.1 Å². The first-order chi connectivity index (χ1) is 9.38. The minimum absolute atomic E-state index is 0.0437. The molecule has 0 aliphatic heterocycles. The molecule has 0 aliphatic rings. The Morgan fingerprint density at radius 3 is 2.45 bits per heavy atom. The SMILES string of the molecule is CCN(C(=O)NC(C(=O)O)C(C)O)c1ccccc1F. The first-order valence-electron chi connectivity index (χ1n) is 6.11. The Kier molecular flexibility index (Phi) is 5.45. The number of para-hydroxylation sites is 1. The summed E-state index contributed by atoms with van der Waals surface area (Å²) in [4.78, 5) is 24.0. The van der Waals surface area contributed by atoms with Crippen molar-refractivity contribution >= 4 is 17.7 Å². The number of halogens is 1. The summed E-state index contributed by atoms with van der Waals surface area (Å²) < 4.78 is 13.7. The molecule has 1 rings (SSSR count). The number of aliphatic hydroxyl groups is 1. The number of nitrogens with zero attached hydrogens (tertiary/aromatic N) is 1. The van der Waals surface area contributed by atoms with Crippen molar-refractivity contribution < 1.29 is 24.2 Å². The van der Waals surface area contributed by atoms with Gasteiger partial charge in [-0.2, -0.15) is 0 Å². The van der Waals surface area contributed by atoms with E-state index in [0.717, 1.165) is 4.90 Å². The van der Waals surface area contributed by atoms with Crippen LogP contribution in [0.5, 0.6) is 0 Å². The number of benzene rings is 1. The van der Waals surface area contributed by atoms with Crippen LogP contribution in [-0.2, 0) is 4.79 Å². The Bertz CT molecular complexity index is 493. The maximum absolute atomic E-state index is 13.7. The minimum Gasteiger partial charge on any atom is -0.480 e. The van der Waals surface area contributed by atoms with Crippen LogP contribution < -0.4 is 10.2 Å². The van der Waals surface area contributed by atoms with Crippen LogP contribution in [0.4, 0.5) is 14.9 Å². The largest absolute Gasteiger partial charge is 0.480 e. The van der Waals surface area contributed by atoms with E-state index in [1.54, 1.807) is 13.0 Å². The molecular formula is C13H17FN2O4. The zero-order chi connectivity index (χ0) is 15.3. The highest BCUT2D eigenvalue weighted by molar-refractivity contribution is 5.94. The van der Waals surface area contributed by atoms with E-state index in [2.05, 4.69) is 5.32 Å². The van der Waals surface area contributed by atoms with Gasteiger partial charge in [0.2, 0.25) is 0 Å². The van der Waals surface area contributed by atoms with Crippen LogP contribution in [0.2, 0.25) is 0 Å². The molecule has 110 valence electrons. The van der Waals surface area contributed by atoms with Crippen LogP contribution in [0.15, 0.2) is 24.3 Å². The molecule has 0 fully saturated rings. The van der Waals surface area contributed by atoms with E-state index in [1.165, 1.54) is 25.1 Å². The molecule has 0 saturated heterocycles. The lowest BCUT2D eigenvalue weighted by Crippen LogP contribution is -2.52. The summed E-state index contributed by atoms with van der Waals surface area (Å²) >= 11 is 0. The van der Waals surface area contributed by atoms with Crippen LogP contribution in [-0.4, -0.2) is 40.9 Å². The zero-order valence-electron chi connectivity index (χ0n) is 11.2. The third kappa shape index (κ3) is 3.67. The van der Waals surface area contributed by atoms with Crippen molar-refractivity contribution in [3.63, 3.8) is 0 Å². The molecule has 1 aromatic rings. The molecule has 2 unspecified atom stereocenters. The van der Waals surface area contributed by atoms with Gasteiger partial charge in [0.15, 0.2) is 6.04 Å². The van der Waals surface area contributed by atoms with E-state index >= 15 is 0 Å². The van der Waals surface area contributed by atoms with E-state index < -0.39 is 30.0 Å². The van der Waals surface area contributed by atoms with Gasteiger partial charge in [-0.15, -0.1) is 0 Å². The molecule has 0 aromatic heterocycles. The summed E-state index contributed by atoms with van der Waals surface area (Å²) in [5, 5.41) is 20.4. The standard InChI is InChI=1S/C13H17FN2O4/c1-3-16(10-7-5-4-6-9(10)14)13(20)15-11(8(2)17)12(18)19/h4-8,11,17H,3H2,1-2H3,(H,15,20)(H,18,19). The summed E-state index contributed by atoms with van der Waals surface area (Å²) in [6, 6.07) is 3.43. The van der Waals surface area contributed by atoms with Gasteiger partial charge in [-0.25, -0.2) is 14.0 Å². The lowest BCUT2D eigenvalue weighted by molar-refractivity contribution is -0.141. The van der Waals surface area contributed by atoms with Gasteiger partial charge in [-0.05, 0) is 26.0 Å². The fourth-order valence-electron chi connectivity index (χ4n) is 1.69. The Balaban J connectivity index is 2.93. The Morgan fingerprint density at radius 1 is 1.40 bits per heavy atom. The second-order valence-corrected chi connectivity index (χ2v) is 4.20. The molecule has 2 amide bonds. The molecule has 0 bridgehead atoms. The van der Waals surface area contributed by atoms with Gasteiger partial charge in [-0.1, -0.05) is 12.1 Å². The molecule has 0 heterocycles. The first-order valence-corrected chi connectivity index (χ1v) is 6.11. The number of carboxylic acid groups (broad SMARTS) is 1. The van der Waals surface area contributed by atoms with E-state index in [4.69, 9.17) is 5.11 Å². The van der Waals surface area contributed by atoms with Gasteiger partial charge in [0.1, 0.15) is 5.82 Å². The number of anilines is 1. The lowest BCUT2D eigenvalue weighted by Gasteiger charge is -2.25. The number of urea groups is 1. The maximum atomic E-state index is 13.7. The highest BCUT2D eigenvalue weighted by Gasteiger charge is 2.27. The van der Waals surface area contributed by atoms with E-state index in [1.807, 2.05) is 0 Å². The smallest absolute Gasteiger partial charge is 0.328 e. The molecule has 2 atom stereocenters. The van der Waals surface area contributed by atoms with E-state index in [-0.39, 0.29) is 12.2 Å². The van der Waals surface area contributed by atoms with Gasteiger partial charge >= 0.3 is 12.0 Å². The Hall–Kier alpha value is -2.15. The zero-order valence-corrected chi connectivity index (χ0v) is 11.2. The first kappa shape index (κ1) is 15.9. The predicted molar refractivity (Wildman–Crippen MR) is 71.1 cm³/mol. The number of hydrogen-bond acceptors (Lipinski definition) is 3. The predicted octanol–water partition coefficient (Wildman–Crippen LogP) is 1.20. The number of amides is 2. The highest BCUT2D eigenvalue weighted by atomic mass is 19.1. The summed E-state index contributed by atoms with van der Waals surface area (Å²) in [6.07, 6.45) is -1.27. The van der Waals surface area contributed by atoms with Crippen molar-refractivity contribution in [2.75, 3.05) is 11.4 Å². The third-order valence-electron chi connectivity index (χ3n) is 2.73. The molecule has 0 aliphatic carbocycles. The number of carboxylic acids is 1. The van der Waals surface area contributed by atoms with Crippen molar-refractivity contribution in [1.29, 1.82) is 0 Å². The monoisotopic (exact) mass is 284 g/mol. The summed E-state index contributed by atoms with van der Waals surface area (Å²) in [7, 11) is 0. The number of nitrogens with one attached hydrogen (secondary N) is 1. The van der Waals surface area contributed by atoms with Crippen LogP contribution in [0.25, 0.3) is 0 Å². The summed E-state index contributed by atoms with van der Waals surface area (Å²) in [5.41, 5.74) is 0.0437. The molecule has 3 N–H and O–H groups in total. The van der Waals surface area contributed by atoms with Gasteiger partial charge in [0.05, 0.1) is 11.8 Å². The van der Waals surface area contributed by atoms with Gasteiger partial charge in [0.25, 0.3) is 0 Å². The fourth-order valence-corrected chi connectivity index (χ4v) is 1.69. The minimum atomic E-state index is -1.46. The van der Waals surface area contributed by atoms with Gasteiger partial charge < -0.3 is 15.5 Å². The van der Waals surface area contributed by atoms with Gasteiger partial charge in [0, 0.05) is 6.54 Å². The van der Waals surface area contributed by atoms with E-state index in [0.29, 0.717) is 0 Å². The average molecular weight is 284 g/mol. The second-order valence-electron chi connectivity index (χ2n) is 4.20.